The van der Waals surface area contributed by atoms with Crippen molar-refractivity contribution in [1.82, 2.24) is 10.3 Å². The average molecular weight is 182 g/mol. The molecular formula is C9H14N2S. The Hall–Kier alpha value is -0.410. The van der Waals surface area contributed by atoms with E-state index in [4.69, 9.17) is 0 Å². The molecule has 0 atom stereocenters. The highest BCUT2D eigenvalue weighted by Gasteiger charge is 2.45. The monoisotopic (exact) mass is 182 g/mol. The number of nitrogens with zero attached hydrogens (tertiary/aromatic N) is 1. The van der Waals surface area contributed by atoms with E-state index in [2.05, 4.69) is 22.6 Å². The highest BCUT2D eigenvalue weighted by atomic mass is 32.1. The molecule has 66 valence electrons. The summed E-state index contributed by atoms with van der Waals surface area (Å²) in [7, 11) is 2.01. The van der Waals surface area contributed by atoms with Crippen LogP contribution in [-0.4, -0.2) is 18.6 Å². The Morgan fingerprint density at radius 1 is 1.67 bits per heavy atom. The predicted molar refractivity (Wildman–Crippen MR) is 51.7 cm³/mol. The van der Waals surface area contributed by atoms with E-state index in [1.54, 1.807) is 0 Å². The van der Waals surface area contributed by atoms with Crippen molar-refractivity contribution in [3.63, 3.8) is 0 Å². The molecule has 2 nitrogen and oxygen atoms in total. The van der Waals surface area contributed by atoms with Crippen LogP contribution in [0.4, 0.5) is 0 Å². The second-order valence-electron chi connectivity index (χ2n) is 3.60. The summed E-state index contributed by atoms with van der Waals surface area (Å²) in [5.74, 6) is 0. The Kier molecular flexibility index (Phi) is 1.93. The van der Waals surface area contributed by atoms with Gasteiger partial charge >= 0.3 is 0 Å². The molecule has 1 N–H and O–H groups in total. The first-order chi connectivity index (χ1) is 5.77. The molecular weight excluding hydrogens is 168 g/mol. The van der Waals surface area contributed by atoms with Gasteiger partial charge in [0.15, 0.2) is 0 Å². The maximum Gasteiger partial charge on any atom is 0.100 e. The van der Waals surface area contributed by atoms with Crippen LogP contribution in [0.5, 0.6) is 0 Å². The fourth-order valence-electron chi connectivity index (χ4n) is 1.55. The van der Waals surface area contributed by atoms with E-state index in [1.807, 2.05) is 18.4 Å². The number of nitrogens with one attached hydrogen (secondary N) is 1. The standard InChI is InChI=1S/C9H14N2S/c1-7-5-12-8(11-7)9(3-4-9)6-10-2/h5,10H,3-4,6H2,1-2H3. The second-order valence-corrected chi connectivity index (χ2v) is 4.46. The van der Waals surface area contributed by atoms with Crippen LogP contribution in [-0.2, 0) is 5.41 Å². The number of rotatable bonds is 3. The van der Waals surface area contributed by atoms with Crippen molar-refractivity contribution in [1.29, 1.82) is 0 Å². The van der Waals surface area contributed by atoms with Crippen LogP contribution in [0.2, 0.25) is 0 Å². The molecule has 1 aliphatic rings. The van der Waals surface area contributed by atoms with Crippen LogP contribution in [0.15, 0.2) is 5.38 Å². The lowest BCUT2D eigenvalue weighted by Crippen LogP contribution is -2.23. The fraction of sp³-hybridized carbons (Fsp3) is 0.667. The third-order valence-corrected chi connectivity index (χ3v) is 3.65. The van der Waals surface area contributed by atoms with Gasteiger partial charge in [-0.15, -0.1) is 11.3 Å². The Morgan fingerprint density at radius 2 is 2.42 bits per heavy atom. The molecule has 0 saturated heterocycles. The molecule has 0 spiro atoms. The molecule has 0 aliphatic heterocycles. The van der Waals surface area contributed by atoms with Crippen LogP contribution in [0.1, 0.15) is 23.5 Å². The van der Waals surface area contributed by atoms with Crippen LogP contribution < -0.4 is 5.32 Å². The van der Waals surface area contributed by atoms with Gasteiger partial charge in [-0.2, -0.15) is 0 Å². The average Bonchev–Trinajstić information content (AvgIpc) is 2.69. The van der Waals surface area contributed by atoms with Crippen molar-refractivity contribution in [2.24, 2.45) is 0 Å². The van der Waals surface area contributed by atoms with E-state index in [9.17, 15) is 0 Å². The quantitative estimate of drug-likeness (QED) is 0.769. The van der Waals surface area contributed by atoms with Gasteiger partial charge in [0.1, 0.15) is 5.01 Å². The number of likely N-dealkylation sites (N-methyl/N-ethyl adjacent to an activating group) is 1. The Balaban J connectivity index is 2.18. The minimum absolute atomic E-state index is 0.410. The summed E-state index contributed by atoms with van der Waals surface area (Å²) in [6.07, 6.45) is 2.61. The fourth-order valence-corrected chi connectivity index (χ4v) is 2.61. The summed E-state index contributed by atoms with van der Waals surface area (Å²) in [6.45, 7) is 3.15. The minimum Gasteiger partial charge on any atom is -0.319 e. The molecule has 0 bridgehead atoms. The molecule has 0 unspecified atom stereocenters. The molecule has 1 heterocycles. The van der Waals surface area contributed by atoms with E-state index < -0.39 is 0 Å². The normalized spacial score (nSPS) is 19.5. The first kappa shape index (κ1) is 8.20. The second kappa shape index (κ2) is 2.82. The largest absolute Gasteiger partial charge is 0.319 e. The Morgan fingerprint density at radius 3 is 2.83 bits per heavy atom. The Labute approximate surface area is 77.0 Å². The molecule has 1 aromatic heterocycles. The lowest BCUT2D eigenvalue weighted by molar-refractivity contribution is 0.619. The van der Waals surface area contributed by atoms with Crippen LogP contribution in [0, 0.1) is 6.92 Å². The number of hydrogen-bond acceptors (Lipinski definition) is 3. The van der Waals surface area contributed by atoms with Gasteiger partial charge in [0.2, 0.25) is 0 Å². The molecule has 1 aromatic rings. The van der Waals surface area contributed by atoms with Gasteiger partial charge in [-0.25, -0.2) is 4.98 Å². The third-order valence-electron chi connectivity index (χ3n) is 2.44. The maximum atomic E-state index is 4.54. The van der Waals surface area contributed by atoms with Gasteiger partial charge in [-0.3, -0.25) is 0 Å². The van der Waals surface area contributed by atoms with E-state index in [-0.39, 0.29) is 0 Å². The summed E-state index contributed by atoms with van der Waals surface area (Å²) in [4.78, 5) is 4.54. The van der Waals surface area contributed by atoms with E-state index in [0.29, 0.717) is 5.41 Å². The molecule has 1 aliphatic carbocycles. The Bertz CT molecular complexity index is 276. The van der Waals surface area contributed by atoms with Gasteiger partial charge in [-0.05, 0) is 26.8 Å². The topological polar surface area (TPSA) is 24.9 Å². The molecule has 0 aromatic carbocycles. The predicted octanol–water partition coefficient (Wildman–Crippen LogP) is 1.70. The van der Waals surface area contributed by atoms with Gasteiger partial charge in [0.05, 0.1) is 0 Å². The number of hydrogen-bond donors (Lipinski definition) is 1. The van der Waals surface area contributed by atoms with Crippen LogP contribution in [0.3, 0.4) is 0 Å². The van der Waals surface area contributed by atoms with E-state index >= 15 is 0 Å². The summed E-state index contributed by atoms with van der Waals surface area (Å²) in [6, 6.07) is 0. The molecule has 3 heteroatoms. The van der Waals surface area contributed by atoms with Crippen molar-refractivity contribution in [2.75, 3.05) is 13.6 Å². The lowest BCUT2D eigenvalue weighted by Gasteiger charge is -2.09. The van der Waals surface area contributed by atoms with Crippen LogP contribution >= 0.6 is 11.3 Å². The van der Waals surface area contributed by atoms with Crippen molar-refractivity contribution in [3.8, 4) is 0 Å². The first-order valence-corrected chi connectivity index (χ1v) is 5.22. The summed E-state index contributed by atoms with van der Waals surface area (Å²) in [5.41, 5.74) is 1.57. The first-order valence-electron chi connectivity index (χ1n) is 4.34. The zero-order valence-corrected chi connectivity index (χ0v) is 8.37. The molecule has 12 heavy (non-hydrogen) atoms. The highest BCUT2D eigenvalue weighted by Crippen LogP contribution is 2.48. The number of aromatic nitrogens is 1. The van der Waals surface area contributed by atoms with Gasteiger partial charge < -0.3 is 5.32 Å². The van der Waals surface area contributed by atoms with Crippen molar-refractivity contribution in [2.45, 2.75) is 25.2 Å². The van der Waals surface area contributed by atoms with Crippen molar-refractivity contribution < 1.29 is 0 Å². The SMILES string of the molecule is CNCC1(c2nc(C)cs2)CC1. The number of thiazole rings is 1. The van der Waals surface area contributed by atoms with Crippen molar-refractivity contribution in [3.05, 3.63) is 16.1 Å². The van der Waals surface area contributed by atoms with Crippen LogP contribution in [0.25, 0.3) is 0 Å². The molecule has 2 rings (SSSR count). The van der Waals surface area contributed by atoms with Crippen molar-refractivity contribution >= 4 is 11.3 Å². The summed E-state index contributed by atoms with van der Waals surface area (Å²) >= 11 is 1.81. The lowest BCUT2D eigenvalue weighted by atomic mass is 10.1. The third kappa shape index (κ3) is 1.27. The zero-order chi connectivity index (χ0) is 8.60. The molecule has 0 radical (unpaired) electrons. The van der Waals surface area contributed by atoms with E-state index in [0.717, 1.165) is 12.2 Å². The smallest absolute Gasteiger partial charge is 0.100 e. The van der Waals surface area contributed by atoms with Gasteiger partial charge in [0.25, 0.3) is 0 Å². The highest BCUT2D eigenvalue weighted by molar-refractivity contribution is 7.09. The molecule has 1 fully saturated rings. The zero-order valence-electron chi connectivity index (χ0n) is 7.55. The minimum atomic E-state index is 0.410. The van der Waals surface area contributed by atoms with E-state index in [1.165, 1.54) is 17.8 Å². The van der Waals surface area contributed by atoms with Gasteiger partial charge in [0, 0.05) is 23.0 Å². The molecule has 1 saturated carbocycles. The van der Waals surface area contributed by atoms with Gasteiger partial charge in [-0.1, -0.05) is 0 Å². The summed E-state index contributed by atoms with van der Waals surface area (Å²) < 4.78 is 0. The maximum absolute atomic E-state index is 4.54. The molecule has 0 amide bonds. The summed E-state index contributed by atoms with van der Waals surface area (Å²) in [5, 5.41) is 6.72. The number of aryl methyl sites for hydroxylation is 1.